The lowest BCUT2D eigenvalue weighted by molar-refractivity contribution is 0.960. The van der Waals surface area contributed by atoms with Crippen LogP contribution in [0.2, 0.25) is 0 Å². The Labute approximate surface area is 71.0 Å². The van der Waals surface area contributed by atoms with Gasteiger partial charge in [-0.2, -0.15) is 0 Å². The fourth-order valence-corrected chi connectivity index (χ4v) is 1.54. The minimum atomic E-state index is 0.714. The smallest absolute Gasteiger partial charge is 0.0613 e. The van der Waals surface area contributed by atoms with E-state index in [9.17, 15) is 0 Å². The molecule has 0 fully saturated rings. The lowest BCUT2D eigenvalue weighted by Gasteiger charge is -1.99. The van der Waals surface area contributed by atoms with Crippen LogP contribution in [-0.2, 0) is 6.42 Å². The highest BCUT2D eigenvalue weighted by molar-refractivity contribution is 5.39. The van der Waals surface area contributed by atoms with Gasteiger partial charge in [0.15, 0.2) is 0 Å². The molecular formula is C9H13N3. The van der Waals surface area contributed by atoms with Crippen molar-refractivity contribution in [2.75, 3.05) is 13.1 Å². The van der Waals surface area contributed by atoms with Crippen molar-refractivity contribution in [3.05, 3.63) is 22.3 Å². The lowest BCUT2D eigenvalue weighted by atomic mass is 10.2. The molecule has 0 atom stereocenters. The number of hydrogen-bond acceptors (Lipinski definition) is 2. The van der Waals surface area contributed by atoms with E-state index in [1.807, 2.05) is 12.4 Å². The molecule has 1 aliphatic heterocycles. The highest BCUT2D eigenvalue weighted by Gasteiger charge is 1.99. The largest absolute Gasteiger partial charge is 0.386 e. The minimum absolute atomic E-state index is 0.714. The fourth-order valence-electron chi connectivity index (χ4n) is 1.54. The van der Waals surface area contributed by atoms with Gasteiger partial charge in [0.2, 0.25) is 0 Å². The molecule has 1 aromatic heterocycles. The van der Waals surface area contributed by atoms with Crippen LogP contribution in [-0.4, -0.2) is 18.1 Å². The van der Waals surface area contributed by atoms with Gasteiger partial charge in [-0.3, -0.25) is 0 Å². The Balaban J connectivity index is 2.53. The number of nitrogens with two attached hydrogens (primary N) is 1. The maximum atomic E-state index is 5.50. The average molecular weight is 163 g/mol. The Morgan fingerprint density at radius 2 is 2.42 bits per heavy atom. The molecule has 0 bridgehead atoms. The number of fused-ring (bicyclic) bond motifs is 1. The SMILES string of the molecule is NCCc1c[nH]c2c1=CCNC=2. The number of aromatic amines is 1. The molecule has 0 saturated heterocycles. The predicted molar refractivity (Wildman–Crippen MR) is 49.7 cm³/mol. The summed E-state index contributed by atoms with van der Waals surface area (Å²) in [6, 6.07) is 0. The Morgan fingerprint density at radius 3 is 3.25 bits per heavy atom. The van der Waals surface area contributed by atoms with Crippen molar-refractivity contribution >= 4 is 12.3 Å². The summed E-state index contributed by atoms with van der Waals surface area (Å²) in [5.41, 5.74) is 6.82. The maximum Gasteiger partial charge on any atom is 0.0613 e. The van der Waals surface area contributed by atoms with E-state index >= 15 is 0 Å². The topological polar surface area (TPSA) is 53.8 Å². The Morgan fingerprint density at radius 1 is 1.50 bits per heavy atom. The molecule has 0 radical (unpaired) electrons. The third-order valence-corrected chi connectivity index (χ3v) is 2.12. The highest BCUT2D eigenvalue weighted by atomic mass is 14.8. The van der Waals surface area contributed by atoms with Gasteiger partial charge in [-0.15, -0.1) is 0 Å². The number of rotatable bonds is 2. The number of nitrogens with one attached hydrogen (secondary N) is 2. The van der Waals surface area contributed by atoms with Gasteiger partial charge in [-0.25, -0.2) is 0 Å². The first-order chi connectivity index (χ1) is 5.92. The molecule has 12 heavy (non-hydrogen) atoms. The summed E-state index contributed by atoms with van der Waals surface area (Å²) in [6.45, 7) is 1.63. The Kier molecular flexibility index (Phi) is 1.87. The van der Waals surface area contributed by atoms with Crippen LogP contribution in [0.4, 0.5) is 0 Å². The van der Waals surface area contributed by atoms with Crippen LogP contribution >= 0.6 is 0 Å². The molecule has 0 unspecified atom stereocenters. The molecule has 1 aliphatic rings. The molecule has 0 saturated carbocycles. The number of H-pyrrole nitrogens is 1. The van der Waals surface area contributed by atoms with Gasteiger partial charge in [-0.1, -0.05) is 6.08 Å². The van der Waals surface area contributed by atoms with E-state index in [0.717, 1.165) is 13.0 Å². The van der Waals surface area contributed by atoms with Crippen molar-refractivity contribution in [1.82, 2.24) is 10.3 Å². The molecule has 3 nitrogen and oxygen atoms in total. The van der Waals surface area contributed by atoms with Crippen LogP contribution in [0.5, 0.6) is 0 Å². The van der Waals surface area contributed by atoms with Crippen LogP contribution in [0, 0.1) is 0 Å². The van der Waals surface area contributed by atoms with E-state index in [1.54, 1.807) is 0 Å². The van der Waals surface area contributed by atoms with E-state index < -0.39 is 0 Å². The zero-order chi connectivity index (χ0) is 8.39. The van der Waals surface area contributed by atoms with E-state index in [0.29, 0.717) is 6.54 Å². The summed E-state index contributed by atoms with van der Waals surface area (Å²) in [7, 11) is 0. The normalized spacial score (nSPS) is 14.1. The molecule has 0 aromatic carbocycles. The third kappa shape index (κ3) is 1.12. The summed E-state index contributed by atoms with van der Waals surface area (Å²) in [6.07, 6.45) is 7.19. The summed E-state index contributed by atoms with van der Waals surface area (Å²) in [5, 5.41) is 5.64. The number of hydrogen-bond donors (Lipinski definition) is 3. The van der Waals surface area contributed by atoms with Crippen molar-refractivity contribution in [2.45, 2.75) is 6.42 Å². The van der Waals surface area contributed by atoms with Crippen molar-refractivity contribution < 1.29 is 0 Å². The van der Waals surface area contributed by atoms with Crippen molar-refractivity contribution in [3.8, 4) is 0 Å². The second-order valence-corrected chi connectivity index (χ2v) is 2.94. The van der Waals surface area contributed by atoms with Crippen LogP contribution in [0.1, 0.15) is 5.56 Å². The summed E-state index contributed by atoms with van der Waals surface area (Å²) >= 11 is 0. The molecule has 0 spiro atoms. The third-order valence-electron chi connectivity index (χ3n) is 2.12. The van der Waals surface area contributed by atoms with E-state index in [2.05, 4.69) is 16.4 Å². The molecule has 0 aliphatic carbocycles. The first-order valence-electron chi connectivity index (χ1n) is 4.22. The minimum Gasteiger partial charge on any atom is -0.386 e. The Bertz CT molecular complexity index is 375. The monoisotopic (exact) mass is 163 g/mol. The zero-order valence-electron chi connectivity index (χ0n) is 6.93. The molecule has 4 N–H and O–H groups in total. The quantitative estimate of drug-likeness (QED) is 0.504. The molecule has 2 rings (SSSR count). The molecule has 3 heteroatoms. The number of aromatic nitrogens is 1. The molecule has 1 aromatic rings. The fraction of sp³-hybridized carbons (Fsp3) is 0.333. The maximum absolute atomic E-state index is 5.50. The van der Waals surface area contributed by atoms with Crippen LogP contribution in [0.15, 0.2) is 6.20 Å². The molecule has 0 amide bonds. The molecule has 2 heterocycles. The standard InChI is InChI=1S/C9H13N3/c10-3-1-7-5-12-9-6-11-4-2-8(7)9/h2,5-6,11-12H,1,3-4,10H2. The lowest BCUT2D eigenvalue weighted by Crippen LogP contribution is -2.33. The van der Waals surface area contributed by atoms with Gasteiger partial charge in [0.1, 0.15) is 0 Å². The Hall–Kier alpha value is -1.22. The predicted octanol–water partition coefficient (Wildman–Crippen LogP) is -1.36. The van der Waals surface area contributed by atoms with Gasteiger partial charge in [0, 0.05) is 24.2 Å². The highest BCUT2D eigenvalue weighted by Crippen LogP contribution is 1.87. The van der Waals surface area contributed by atoms with Crippen LogP contribution < -0.4 is 21.6 Å². The average Bonchev–Trinajstić information content (AvgIpc) is 2.50. The van der Waals surface area contributed by atoms with Gasteiger partial charge in [0.25, 0.3) is 0 Å². The van der Waals surface area contributed by atoms with Gasteiger partial charge < -0.3 is 16.0 Å². The van der Waals surface area contributed by atoms with E-state index in [-0.39, 0.29) is 0 Å². The van der Waals surface area contributed by atoms with Gasteiger partial charge >= 0.3 is 0 Å². The second kappa shape index (κ2) is 3.03. The van der Waals surface area contributed by atoms with E-state index in [4.69, 9.17) is 5.73 Å². The zero-order valence-corrected chi connectivity index (χ0v) is 6.93. The first-order valence-corrected chi connectivity index (χ1v) is 4.22. The summed E-state index contributed by atoms with van der Waals surface area (Å²) in [4.78, 5) is 3.21. The van der Waals surface area contributed by atoms with Gasteiger partial charge in [0.05, 0.1) is 5.35 Å². The van der Waals surface area contributed by atoms with Crippen molar-refractivity contribution in [2.24, 2.45) is 5.73 Å². The second-order valence-electron chi connectivity index (χ2n) is 2.94. The molecular weight excluding hydrogens is 150 g/mol. The van der Waals surface area contributed by atoms with Crippen molar-refractivity contribution in [3.63, 3.8) is 0 Å². The van der Waals surface area contributed by atoms with Gasteiger partial charge in [-0.05, 0) is 18.5 Å². The first kappa shape index (κ1) is 7.43. The molecule has 64 valence electrons. The van der Waals surface area contributed by atoms with Crippen LogP contribution in [0.25, 0.3) is 12.3 Å². The summed E-state index contributed by atoms with van der Waals surface area (Å²) in [5.74, 6) is 0. The van der Waals surface area contributed by atoms with E-state index in [1.165, 1.54) is 16.1 Å². The summed E-state index contributed by atoms with van der Waals surface area (Å²) < 4.78 is 0. The van der Waals surface area contributed by atoms with Crippen LogP contribution in [0.3, 0.4) is 0 Å². The van der Waals surface area contributed by atoms with Crippen molar-refractivity contribution in [1.29, 1.82) is 0 Å².